The summed E-state index contributed by atoms with van der Waals surface area (Å²) in [5.41, 5.74) is 6.26. The van der Waals surface area contributed by atoms with Crippen LogP contribution in [0.1, 0.15) is 27.7 Å². The van der Waals surface area contributed by atoms with Gasteiger partial charge in [0, 0.05) is 6.54 Å². The Kier molecular flexibility index (Phi) is 5.15. The molecule has 1 aromatic heterocycles. The second kappa shape index (κ2) is 6.39. The highest BCUT2D eigenvalue weighted by atomic mass is 16.5. The highest BCUT2D eigenvalue weighted by Crippen LogP contribution is 2.25. The third-order valence-electron chi connectivity index (χ3n) is 2.44. The van der Waals surface area contributed by atoms with Gasteiger partial charge in [-0.1, -0.05) is 13.8 Å². The molecule has 1 rings (SSSR count). The summed E-state index contributed by atoms with van der Waals surface area (Å²) in [5.74, 6) is 1.02. The molecule has 18 heavy (non-hydrogen) atoms. The Bertz CT molecular complexity index is 382. The average Bonchev–Trinajstić information content (AvgIpc) is 2.29. The van der Waals surface area contributed by atoms with Crippen molar-refractivity contribution in [2.24, 2.45) is 5.92 Å². The van der Waals surface area contributed by atoms with Crippen LogP contribution in [0.2, 0.25) is 0 Å². The number of rotatable bonds is 6. The van der Waals surface area contributed by atoms with Crippen LogP contribution in [0, 0.1) is 5.92 Å². The Hall–Kier alpha value is -1.56. The van der Waals surface area contributed by atoms with Crippen LogP contribution in [0.4, 0.5) is 11.5 Å². The molecule has 0 amide bonds. The molecule has 6 nitrogen and oxygen atoms in total. The fourth-order valence-corrected chi connectivity index (χ4v) is 1.27. The highest BCUT2D eigenvalue weighted by molar-refractivity contribution is 5.66. The van der Waals surface area contributed by atoms with E-state index >= 15 is 0 Å². The van der Waals surface area contributed by atoms with Gasteiger partial charge in [-0.15, -0.1) is 0 Å². The molecule has 0 aliphatic heterocycles. The topological polar surface area (TPSA) is 93.3 Å². The molecule has 1 aromatic rings. The van der Waals surface area contributed by atoms with Gasteiger partial charge < -0.3 is 20.9 Å². The number of hydrogen-bond acceptors (Lipinski definition) is 6. The molecule has 0 aromatic carbocycles. The number of ether oxygens (including phenoxy) is 1. The minimum Gasteiger partial charge on any atom is -0.473 e. The Balaban J connectivity index is 2.72. The van der Waals surface area contributed by atoms with E-state index in [1.807, 2.05) is 27.7 Å². The summed E-state index contributed by atoms with van der Waals surface area (Å²) < 4.78 is 5.46. The molecule has 1 atom stereocenters. The maximum atomic E-state index is 9.72. The molecule has 1 unspecified atom stereocenters. The third kappa shape index (κ3) is 4.03. The summed E-state index contributed by atoms with van der Waals surface area (Å²) in [6, 6.07) is 0. The molecule has 0 aliphatic rings. The van der Waals surface area contributed by atoms with Gasteiger partial charge in [0.15, 0.2) is 5.82 Å². The SMILES string of the molecule is CC(C)Oc1ncnc(NCC(O)C(C)C)c1N. The molecular weight excluding hydrogens is 232 g/mol. The fraction of sp³-hybridized carbons (Fsp3) is 0.667. The van der Waals surface area contributed by atoms with Crippen LogP contribution in [-0.2, 0) is 0 Å². The van der Waals surface area contributed by atoms with Crippen molar-refractivity contribution in [1.82, 2.24) is 9.97 Å². The molecular formula is C12H22N4O2. The van der Waals surface area contributed by atoms with Crippen LogP contribution in [0.5, 0.6) is 5.88 Å². The van der Waals surface area contributed by atoms with Gasteiger partial charge in [-0.25, -0.2) is 4.98 Å². The first-order chi connectivity index (χ1) is 8.41. The minimum atomic E-state index is -0.450. The molecule has 0 saturated carbocycles. The van der Waals surface area contributed by atoms with E-state index in [4.69, 9.17) is 10.5 Å². The number of anilines is 2. The van der Waals surface area contributed by atoms with Crippen LogP contribution in [0.3, 0.4) is 0 Å². The van der Waals surface area contributed by atoms with E-state index in [-0.39, 0.29) is 12.0 Å². The first kappa shape index (κ1) is 14.5. The molecule has 0 spiro atoms. The van der Waals surface area contributed by atoms with Crippen LogP contribution in [0.15, 0.2) is 6.33 Å². The number of aliphatic hydroxyl groups excluding tert-OH is 1. The lowest BCUT2D eigenvalue weighted by Gasteiger charge is -2.17. The van der Waals surface area contributed by atoms with Gasteiger partial charge >= 0.3 is 0 Å². The summed E-state index contributed by atoms with van der Waals surface area (Å²) in [6.45, 7) is 8.08. The quantitative estimate of drug-likeness (QED) is 0.708. The summed E-state index contributed by atoms with van der Waals surface area (Å²) in [5, 5.41) is 12.7. The molecule has 0 bridgehead atoms. The zero-order valence-electron chi connectivity index (χ0n) is 11.3. The Morgan fingerprint density at radius 2 is 2.00 bits per heavy atom. The molecule has 0 saturated heterocycles. The number of aliphatic hydroxyl groups is 1. The van der Waals surface area contributed by atoms with Gasteiger partial charge in [-0.3, -0.25) is 0 Å². The molecule has 0 radical (unpaired) electrons. The molecule has 102 valence electrons. The van der Waals surface area contributed by atoms with Crippen LogP contribution < -0.4 is 15.8 Å². The second-order valence-electron chi connectivity index (χ2n) is 4.80. The largest absolute Gasteiger partial charge is 0.473 e. The average molecular weight is 254 g/mol. The van der Waals surface area contributed by atoms with Crippen molar-refractivity contribution in [2.75, 3.05) is 17.6 Å². The summed E-state index contributed by atoms with van der Waals surface area (Å²) >= 11 is 0. The number of hydrogen-bond donors (Lipinski definition) is 3. The van der Waals surface area contributed by atoms with E-state index < -0.39 is 6.10 Å². The number of aromatic nitrogens is 2. The standard InChI is InChI=1S/C12H22N4O2/c1-7(2)9(17)5-14-11-10(13)12(16-6-15-11)18-8(3)4/h6-9,17H,5,13H2,1-4H3,(H,14,15,16). The molecule has 0 fully saturated rings. The zero-order chi connectivity index (χ0) is 13.7. The lowest BCUT2D eigenvalue weighted by Crippen LogP contribution is -2.25. The van der Waals surface area contributed by atoms with Gasteiger partial charge in [0.1, 0.15) is 12.0 Å². The van der Waals surface area contributed by atoms with Gasteiger partial charge in [0.25, 0.3) is 0 Å². The van der Waals surface area contributed by atoms with Crippen molar-refractivity contribution in [3.8, 4) is 5.88 Å². The molecule has 0 aliphatic carbocycles. The van der Waals surface area contributed by atoms with Gasteiger partial charge in [0.2, 0.25) is 5.88 Å². The maximum Gasteiger partial charge on any atom is 0.242 e. The van der Waals surface area contributed by atoms with E-state index in [0.29, 0.717) is 23.9 Å². The van der Waals surface area contributed by atoms with Crippen molar-refractivity contribution in [1.29, 1.82) is 0 Å². The van der Waals surface area contributed by atoms with E-state index in [2.05, 4.69) is 15.3 Å². The van der Waals surface area contributed by atoms with E-state index in [1.54, 1.807) is 0 Å². The van der Waals surface area contributed by atoms with E-state index in [1.165, 1.54) is 6.33 Å². The van der Waals surface area contributed by atoms with Crippen LogP contribution >= 0.6 is 0 Å². The van der Waals surface area contributed by atoms with Crippen molar-refractivity contribution >= 4 is 11.5 Å². The fourth-order valence-electron chi connectivity index (χ4n) is 1.27. The van der Waals surface area contributed by atoms with Crippen molar-refractivity contribution in [3.63, 3.8) is 0 Å². The predicted molar refractivity (Wildman–Crippen MR) is 71.5 cm³/mol. The monoisotopic (exact) mass is 254 g/mol. The molecule has 1 heterocycles. The molecule has 6 heteroatoms. The van der Waals surface area contributed by atoms with E-state index in [9.17, 15) is 5.11 Å². The number of nitrogens with one attached hydrogen (secondary N) is 1. The Morgan fingerprint density at radius 3 is 2.56 bits per heavy atom. The first-order valence-corrected chi connectivity index (χ1v) is 6.10. The smallest absolute Gasteiger partial charge is 0.242 e. The van der Waals surface area contributed by atoms with Crippen molar-refractivity contribution < 1.29 is 9.84 Å². The lowest BCUT2D eigenvalue weighted by atomic mass is 10.1. The van der Waals surface area contributed by atoms with Gasteiger partial charge in [-0.2, -0.15) is 4.98 Å². The van der Waals surface area contributed by atoms with Crippen molar-refractivity contribution in [2.45, 2.75) is 39.9 Å². The normalized spacial score (nSPS) is 12.8. The number of nitrogens with two attached hydrogens (primary N) is 1. The Labute approximate surface area is 108 Å². The van der Waals surface area contributed by atoms with Gasteiger partial charge in [-0.05, 0) is 19.8 Å². The van der Waals surface area contributed by atoms with E-state index in [0.717, 1.165) is 0 Å². The number of nitrogen functional groups attached to an aromatic ring is 1. The lowest BCUT2D eigenvalue weighted by molar-refractivity contribution is 0.138. The maximum absolute atomic E-state index is 9.72. The number of nitrogens with zero attached hydrogens (tertiary/aromatic N) is 2. The summed E-state index contributed by atoms with van der Waals surface area (Å²) in [7, 11) is 0. The van der Waals surface area contributed by atoms with Crippen LogP contribution in [-0.4, -0.2) is 33.8 Å². The minimum absolute atomic E-state index is 0.00342. The predicted octanol–water partition coefficient (Wildman–Crippen LogP) is 1.27. The third-order valence-corrected chi connectivity index (χ3v) is 2.44. The van der Waals surface area contributed by atoms with Gasteiger partial charge in [0.05, 0.1) is 12.2 Å². The van der Waals surface area contributed by atoms with Crippen molar-refractivity contribution in [3.05, 3.63) is 6.33 Å². The zero-order valence-corrected chi connectivity index (χ0v) is 11.3. The second-order valence-corrected chi connectivity index (χ2v) is 4.80. The Morgan fingerprint density at radius 1 is 1.33 bits per heavy atom. The summed E-state index contributed by atoms with van der Waals surface area (Å²) in [6.07, 6.45) is 0.933. The molecule has 4 N–H and O–H groups in total. The first-order valence-electron chi connectivity index (χ1n) is 6.10. The summed E-state index contributed by atoms with van der Waals surface area (Å²) in [4.78, 5) is 8.02. The van der Waals surface area contributed by atoms with Crippen LogP contribution in [0.25, 0.3) is 0 Å². The highest BCUT2D eigenvalue weighted by Gasteiger charge is 2.13.